The highest BCUT2D eigenvalue weighted by atomic mass is 35.5. The molecule has 6 heteroatoms. The Morgan fingerprint density at radius 2 is 2.04 bits per heavy atom. The summed E-state index contributed by atoms with van der Waals surface area (Å²) in [7, 11) is 1.64. The Morgan fingerprint density at radius 1 is 1.31 bits per heavy atom. The topological polar surface area (TPSA) is 58.6 Å². The highest BCUT2D eigenvalue weighted by Gasteiger charge is 2.37. The van der Waals surface area contributed by atoms with E-state index < -0.39 is 6.04 Å². The number of carbonyl (C=O) groups is 2. The number of amides is 2. The Hall–Kier alpha value is -2.01. The van der Waals surface area contributed by atoms with Crippen LogP contribution in [-0.2, 0) is 9.53 Å². The van der Waals surface area contributed by atoms with E-state index in [1.807, 2.05) is 18.2 Å². The summed E-state index contributed by atoms with van der Waals surface area (Å²) in [5.74, 6) is 0.183. The summed E-state index contributed by atoms with van der Waals surface area (Å²) in [5, 5.41) is 3.38. The van der Waals surface area contributed by atoms with E-state index in [2.05, 4.69) is 12.2 Å². The molecule has 3 rings (SSSR count). The van der Waals surface area contributed by atoms with E-state index in [4.69, 9.17) is 16.3 Å². The predicted molar refractivity (Wildman–Crippen MR) is 101 cm³/mol. The van der Waals surface area contributed by atoms with Gasteiger partial charge in [0.1, 0.15) is 6.10 Å². The van der Waals surface area contributed by atoms with Gasteiger partial charge in [0.2, 0.25) is 0 Å². The van der Waals surface area contributed by atoms with Crippen LogP contribution in [0.2, 0.25) is 5.02 Å². The van der Waals surface area contributed by atoms with Crippen LogP contribution in [0.5, 0.6) is 0 Å². The molecule has 0 saturated heterocycles. The molecule has 1 aliphatic carbocycles. The normalized spacial score (nSPS) is 26.5. The Labute approximate surface area is 159 Å². The predicted octanol–water partition coefficient (Wildman–Crippen LogP) is 4.43. The number of allylic oxidation sites excluding steroid dienone is 1. The molecule has 140 valence electrons. The number of ether oxygens (including phenoxy) is 1. The van der Waals surface area contributed by atoms with E-state index >= 15 is 0 Å². The van der Waals surface area contributed by atoms with Crippen LogP contribution in [0.25, 0.3) is 0 Å². The lowest BCUT2D eigenvalue weighted by Gasteiger charge is -2.35. The smallest absolute Gasteiger partial charge is 0.338 e. The summed E-state index contributed by atoms with van der Waals surface area (Å²) in [6.07, 6.45) is 3.96. The maximum Gasteiger partial charge on any atom is 0.338 e. The minimum Gasteiger partial charge on any atom is -0.459 e. The van der Waals surface area contributed by atoms with Crippen LogP contribution in [0, 0.1) is 5.92 Å². The number of urea groups is 1. The summed E-state index contributed by atoms with van der Waals surface area (Å²) >= 11 is 6.33. The summed E-state index contributed by atoms with van der Waals surface area (Å²) in [5.41, 5.74) is 1.73. The molecular weight excluding hydrogens is 352 g/mol. The first-order valence-electron chi connectivity index (χ1n) is 9.09. The van der Waals surface area contributed by atoms with E-state index in [0.717, 1.165) is 19.3 Å². The summed E-state index contributed by atoms with van der Waals surface area (Å²) in [4.78, 5) is 26.8. The zero-order valence-electron chi connectivity index (χ0n) is 15.4. The van der Waals surface area contributed by atoms with Crippen LogP contribution in [0.4, 0.5) is 4.79 Å². The highest BCUT2D eigenvalue weighted by Crippen LogP contribution is 2.35. The van der Waals surface area contributed by atoms with Crippen LogP contribution in [0.15, 0.2) is 35.5 Å². The molecule has 0 unspecified atom stereocenters. The lowest BCUT2D eigenvalue weighted by Crippen LogP contribution is -2.46. The van der Waals surface area contributed by atoms with Gasteiger partial charge < -0.3 is 15.0 Å². The van der Waals surface area contributed by atoms with Crippen molar-refractivity contribution in [2.24, 2.45) is 5.92 Å². The van der Waals surface area contributed by atoms with Gasteiger partial charge in [0, 0.05) is 17.8 Å². The van der Waals surface area contributed by atoms with Crippen LogP contribution in [0.1, 0.15) is 51.1 Å². The van der Waals surface area contributed by atoms with Gasteiger partial charge in [-0.3, -0.25) is 0 Å². The molecule has 1 aliphatic heterocycles. The van der Waals surface area contributed by atoms with Crippen molar-refractivity contribution in [2.45, 2.75) is 51.7 Å². The number of benzene rings is 1. The largest absolute Gasteiger partial charge is 0.459 e. The monoisotopic (exact) mass is 376 g/mol. The maximum absolute atomic E-state index is 13.0. The molecule has 2 amide bonds. The van der Waals surface area contributed by atoms with Crippen molar-refractivity contribution in [3.8, 4) is 0 Å². The number of esters is 1. The summed E-state index contributed by atoms with van der Waals surface area (Å²) in [6.45, 7) is 3.95. The van der Waals surface area contributed by atoms with Gasteiger partial charge in [0.05, 0.1) is 11.6 Å². The number of halogens is 1. The fraction of sp³-hybridized carbons (Fsp3) is 0.500. The summed E-state index contributed by atoms with van der Waals surface area (Å²) < 4.78 is 5.83. The molecule has 0 bridgehead atoms. The van der Waals surface area contributed by atoms with Gasteiger partial charge in [-0.2, -0.15) is 0 Å². The molecular formula is C20H25ClN2O3. The molecule has 1 N–H and O–H groups in total. The molecule has 1 aromatic rings. The molecule has 1 heterocycles. The second-order valence-electron chi connectivity index (χ2n) is 7.26. The number of nitrogens with zero attached hydrogens (tertiary/aromatic N) is 1. The molecule has 0 aromatic heterocycles. The second kappa shape index (κ2) is 7.70. The number of carbonyl (C=O) groups excluding carboxylic acids is 2. The van der Waals surface area contributed by atoms with Gasteiger partial charge in [-0.25, -0.2) is 9.59 Å². The van der Waals surface area contributed by atoms with Gasteiger partial charge >= 0.3 is 12.0 Å². The lowest BCUT2D eigenvalue weighted by atomic mass is 9.88. The molecule has 1 aromatic carbocycles. The molecule has 5 nitrogen and oxygen atoms in total. The zero-order chi connectivity index (χ0) is 18.8. The Morgan fingerprint density at radius 3 is 2.73 bits per heavy atom. The Balaban J connectivity index is 1.92. The lowest BCUT2D eigenvalue weighted by molar-refractivity contribution is -0.147. The number of nitrogens with one attached hydrogen (secondary N) is 1. The van der Waals surface area contributed by atoms with Gasteiger partial charge in [-0.15, -0.1) is 0 Å². The number of hydrogen-bond donors (Lipinski definition) is 1. The van der Waals surface area contributed by atoms with Crippen LogP contribution in [-0.4, -0.2) is 30.1 Å². The van der Waals surface area contributed by atoms with Crippen molar-refractivity contribution in [1.82, 2.24) is 10.2 Å². The molecule has 26 heavy (non-hydrogen) atoms. The van der Waals surface area contributed by atoms with Crippen molar-refractivity contribution in [3.05, 3.63) is 46.1 Å². The van der Waals surface area contributed by atoms with E-state index in [1.165, 1.54) is 11.3 Å². The van der Waals surface area contributed by atoms with Crippen LogP contribution in [0.3, 0.4) is 0 Å². The van der Waals surface area contributed by atoms with E-state index in [1.54, 1.807) is 20.0 Å². The fourth-order valence-corrected chi connectivity index (χ4v) is 3.99. The number of rotatable bonds is 3. The average Bonchev–Trinajstić information content (AvgIpc) is 2.59. The standard InChI is InChI=1S/C20H25ClN2O3/c1-12-7-6-8-14(11-12)26-19(24)17-13(2)23(3)20(25)22-18(17)15-9-4-5-10-16(15)21/h4-5,9-10,12,14,18H,6-8,11H2,1-3H3,(H,22,25)/t12-,14-,18+/m1/s1. The number of hydrogen-bond acceptors (Lipinski definition) is 3. The van der Waals surface area contributed by atoms with Gasteiger partial charge in [-0.05, 0) is 43.7 Å². The van der Waals surface area contributed by atoms with Crippen LogP contribution >= 0.6 is 11.6 Å². The molecule has 1 saturated carbocycles. The van der Waals surface area contributed by atoms with Crippen molar-refractivity contribution in [3.63, 3.8) is 0 Å². The van der Waals surface area contributed by atoms with E-state index in [0.29, 0.717) is 27.8 Å². The quantitative estimate of drug-likeness (QED) is 0.794. The molecule has 2 aliphatic rings. The zero-order valence-corrected chi connectivity index (χ0v) is 16.2. The SMILES string of the molecule is CC1=C(C(=O)O[C@@H]2CCC[C@@H](C)C2)[C@H](c2ccccc2Cl)NC(=O)N1C. The minimum absolute atomic E-state index is 0.0682. The van der Waals surface area contributed by atoms with E-state index in [9.17, 15) is 9.59 Å². The fourth-order valence-electron chi connectivity index (χ4n) is 3.74. The molecule has 0 radical (unpaired) electrons. The first-order valence-corrected chi connectivity index (χ1v) is 9.46. The summed E-state index contributed by atoms with van der Waals surface area (Å²) in [6, 6.07) is 6.36. The van der Waals surface area contributed by atoms with Crippen molar-refractivity contribution in [1.29, 1.82) is 0 Å². The molecule has 3 atom stereocenters. The van der Waals surface area contributed by atoms with Crippen molar-refractivity contribution in [2.75, 3.05) is 7.05 Å². The third-order valence-corrected chi connectivity index (χ3v) is 5.70. The molecule has 0 spiro atoms. The first kappa shape index (κ1) is 18.8. The average molecular weight is 377 g/mol. The third-order valence-electron chi connectivity index (χ3n) is 5.35. The second-order valence-corrected chi connectivity index (χ2v) is 7.67. The van der Waals surface area contributed by atoms with Crippen LogP contribution < -0.4 is 5.32 Å². The van der Waals surface area contributed by atoms with Gasteiger partial charge in [0.15, 0.2) is 0 Å². The highest BCUT2D eigenvalue weighted by molar-refractivity contribution is 6.31. The van der Waals surface area contributed by atoms with E-state index in [-0.39, 0.29) is 18.1 Å². The minimum atomic E-state index is -0.610. The maximum atomic E-state index is 13.0. The third kappa shape index (κ3) is 3.73. The molecule has 1 fully saturated rings. The Bertz CT molecular complexity index is 746. The van der Waals surface area contributed by atoms with Crippen molar-refractivity contribution >= 4 is 23.6 Å². The van der Waals surface area contributed by atoms with Crippen molar-refractivity contribution < 1.29 is 14.3 Å². The first-order chi connectivity index (χ1) is 12.4. The van der Waals surface area contributed by atoms with Gasteiger partial charge in [-0.1, -0.05) is 43.1 Å². The van der Waals surface area contributed by atoms with Gasteiger partial charge in [0.25, 0.3) is 0 Å². The Kier molecular flexibility index (Phi) is 5.56.